The smallest absolute Gasteiger partial charge is 2.00 e. The molecule has 0 saturated carbocycles. The molecule has 3 N–H and O–H groups in total. The van der Waals surface area contributed by atoms with E-state index in [4.69, 9.17) is 0 Å². The summed E-state index contributed by atoms with van der Waals surface area (Å²) in [5, 5.41) is 0. The summed E-state index contributed by atoms with van der Waals surface area (Å²) in [6, 6.07) is 0. The van der Waals surface area contributed by atoms with Gasteiger partial charge in [0.2, 0.25) is 0 Å². The minimum Gasteiger partial charge on any atom is -2.00 e. The molecule has 36 valence electrons. The van der Waals surface area contributed by atoms with E-state index < -0.39 is 0 Å². The molecule has 0 aliphatic carbocycles. The van der Waals surface area contributed by atoms with Gasteiger partial charge in [-0.2, -0.15) is 0 Å². The van der Waals surface area contributed by atoms with Crippen LogP contribution in [0.3, 0.4) is 0 Å². The number of hydrogen-bond donors (Lipinski definition) is 0. The van der Waals surface area contributed by atoms with Crippen LogP contribution < -0.4 is 51.4 Å². The standard InChI is InChI=1S/K.3H2O.O.Ru/h;3*1H2;;/q+1;;;;-2;+4/p-3. The van der Waals surface area contributed by atoms with Gasteiger partial charge < -0.3 is 21.9 Å². The molecule has 0 saturated heterocycles. The second-order valence-corrected chi connectivity index (χ2v) is 0. The van der Waals surface area contributed by atoms with Crippen LogP contribution in [0.5, 0.6) is 0 Å². The molecule has 0 amide bonds. The van der Waals surface area contributed by atoms with Gasteiger partial charge in [0.05, 0.1) is 0 Å². The van der Waals surface area contributed by atoms with E-state index in [2.05, 4.69) is 0 Å². The summed E-state index contributed by atoms with van der Waals surface area (Å²) in [5.74, 6) is 0. The summed E-state index contributed by atoms with van der Waals surface area (Å²) in [7, 11) is 0. The van der Waals surface area contributed by atoms with Crippen molar-refractivity contribution < 1.29 is 92.8 Å². The molecular weight excluding hydrogens is 204 g/mol. The molecule has 0 aliphatic heterocycles. The summed E-state index contributed by atoms with van der Waals surface area (Å²) in [4.78, 5) is 0. The number of hydrogen-bond acceptors (Lipinski definition) is 3. The Morgan fingerprint density at radius 2 is 0.667 bits per heavy atom. The van der Waals surface area contributed by atoms with Crippen LogP contribution in [0.1, 0.15) is 0 Å². The normalized spacial score (nSPS) is 0. The number of rotatable bonds is 0. The molecule has 6 heavy (non-hydrogen) atoms. The van der Waals surface area contributed by atoms with Crippen molar-refractivity contribution in [2.45, 2.75) is 0 Å². The van der Waals surface area contributed by atoms with Gasteiger partial charge in [-0.1, -0.05) is 0 Å². The molecule has 0 fully saturated rings. The SMILES string of the molecule is [K+].[O-2].[OH-].[OH-].[OH-].[Ru+4]. The summed E-state index contributed by atoms with van der Waals surface area (Å²) in [5.41, 5.74) is 0. The Kier molecular flexibility index (Phi) is 925. The van der Waals surface area contributed by atoms with Gasteiger partial charge in [-0.25, -0.2) is 0 Å². The average molecular weight is 207 g/mol. The van der Waals surface area contributed by atoms with Crippen molar-refractivity contribution in [2.75, 3.05) is 0 Å². The van der Waals surface area contributed by atoms with Crippen molar-refractivity contribution in [3.63, 3.8) is 0 Å². The third-order valence-corrected chi connectivity index (χ3v) is 0. The minimum absolute atomic E-state index is 0. The van der Waals surface area contributed by atoms with E-state index >= 15 is 0 Å². The quantitative estimate of drug-likeness (QED) is 0.381. The Hall–Kier alpha value is 2.10. The van der Waals surface area contributed by atoms with Crippen molar-refractivity contribution in [1.82, 2.24) is 0 Å². The molecule has 4 nitrogen and oxygen atoms in total. The minimum atomic E-state index is 0. The first-order chi connectivity index (χ1) is 0. The third-order valence-electron chi connectivity index (χ3n) is 0. The first kappa shape index (κ1) is 92.6. The zero-order chi connectivity index (χ0) is 0. The van der Waals surface area contributed by atoms with E-state index in [9.17, 15) is 0 Å². The second-order valence-electron chi connectivity index (χ2n) is 0. The zero-order valence-electron chi connectivity index (χ0n) is 3.10. The van der Waals surface area contributed by atoms with Crippen molar-refractivity contribution >= 4 is 0 Å². The molecule has 0 spiro atoms. The van der Waals surface area contributed by atoms with Gasteiger partial charge in [0.15, 0.2) is 0 Å². The van der Waals surface area contributed by atoms with E-state index in [1.165, 1.54) is 0 Å². The summed E-state index contributed by atoms with van der Waals surface area (Å²) >= 11 is 0. The summed E-state index contributed by atoms with van der Waals surface area (Å²) < 4.78 is 0. The molecule has 0 aromatic heterocycles. The predicted octanol–water partition coefficient (Wildman–Crippen LogP) is -3.65. The average Bonchev–Trinajstić information content (AvgIpc) is 0. The Morgan fingerprint density at radius 3 is 0.667 bits per heavy atom. The van der Waals surface area contributed by atoms with Crippen molar-refractivity contribution in [2.24, 2.45) is 0 Å². The van der Waals surface area contributed by atoms with E-state index in [-0.39, 0.29) is 92.8 Å². The first-order valence-corrected chi connectivity index (χ1v) is 0. The monoisotopic (exact) mass is 208 g/mol. The fraction of sp³-hybridized carbons (Fsp3) is 0. The molecule has 0 aliphatic rings. The van der Waals surface area contributed by atoms with Crippen LogP contribution in [0.15, 0.2) is 0 Å². The van der Waals surface area contributed by atoms with Crippen LogP contribution in [-0.4, -0.2) is 16.4 Å². The molecule has 0 rings (SSSR count). The van der Waals surface area contributed by atoms with E-state index in [1.807, 2.05) is 0 Å². The molecule has 6 heteroatoms. The van der Waals surface area contributed by atoms with Crippen molar-refractivity contribution in [3.8, 4) is 0 Å². The van der Waals surface area contributed by atoms with E-state index in [0.717, 1.165) is 0 Å². The largest absolute Gasteiger partial charge is 4.00 e. The fourth-order valence-electron chi connectivity index (χ4n) is 0. The van der Waals surface area contributed by atoms with E-state index in [0.29, 0.717) is 0 Å². The molecular formula is H3KO4Ru. The Bertz CT molecular complexity index is 7.51. The maximum absolute atomic E-state index is 0. The molecule has 0 aromatic rings. The van der Waals surface area contributed by atoms with Gasteiger partial charge >= 0.3 is 70.9 Å². The molecule has 0 bridgehead atoms. The Labute approximate surface area is 91.1 Å². The van der Waals surface area contributed by atoms with Crippen LogP contribution in [0.2, 0.25) is 0 Å². The Morgan fingerprint density at radius 1 is 0.667 bits per heavy atom. The maximum atomic E-state index is 0. The van der Waals surface area contributed by atoms with Crippen molar-refractivity contribution in [1.29, 1.82) is 0 Å². The molecule has 0 aromatic carbocycles. The summed E-state index contributed by atoms with van der Waals surface area (Å²) in [6.07, 6.45) is 0. The van der Waals surface area contributed by atoms with Gasteiger partial charge in [0, 0.05) is 0 Å². The molecule has 0 unspecified atom stereocenters. The molecule has 0 atom stereocenters. The maximum Gasteiger partial charge on any atom is 4.00 e. The zero-order valence-corrected chi connectivity index (χ0v) is 7.96. The van der Waals surface area contributed by atoms with Crippen LogP contribution in [0.4, 0.5) is 0 Å². The molecule has 0 heterocycles. The van der Waals surface area contributed by atoms with E-state index in [1.54, 1.807) is 0 Å². The van der Waals surface area contributed by atoms with Crippen molar-refractivity contribution in [3.05, 3.63) is 0 Å². The second kappa shape index (κ2) is 59.9. The van der Waals surface area contributed by atoms with Crippen LogP contribution in [0, 0.1) is 0 Å². The van der Waals surface area contributed by atoms with Gasteiger partial charge in [0.25, 0.3) is 0 Å². The van der Waals surface area contributed by atoms with Gasteiger partial charge in [-0.15, -0.1) is 0 Å². The molecule has 0 radical (unpaired) electrons. The summed E-state index contributed by atoms with van der Waals surface area (Å²) in [6.45, 7) is 0. The van der Waals surface area contributed by atoms with Crippen LogP contribution >= 0.6 is 0 Å². The fourth-order valence-corrected chi connectivity index (χ4v) is 0. The van der Waals surface area contributed by atoms with Crippen LogP contribution in [0.25, 0.3) is 0 Å². The van der Waals surface area contributed by atoms with Gasteiger partial charge in [0.1, 0.15) is 0 Å². The van der Waals surface area contributed by atoms with Gasteiger partial charge in [-0.05, 0) is 0 Å². The first-order valence-electron chi connectivity index (χ1n) is 0. The predicted molar refractivity (Wildman–Crippen MR) is 6.49 cm³/mol. The van der Waals surface area contributed by atoms with Crippen LogP contribution in [-0.2, 0) is 25.0 Å². The van der Waals surface area contributed by atoms with Gasteiger partial charge in [-0.3, -0.25) is 0 Å². The topological polar surface area (TPSA) is 118 Å². The third kappa shape index (κ3) is 36.0. The Balaban J connectivity index is 0.